The molecule has 0 aliphatic carbocycles. The van der Waals surface area contributed by atoms with E-state index in [1.54, 1.807) is 25.3 Å². The first-order valence-corrected chi connectivity index (χ1v) is 12.1. The highest BCUT2D eigenvalue weighted by atomic mass is 32.2. The number of rotatable bonds is 9. The number of piperidine rings is 1. The molecule has 3 rings (SSSR count). The van der Waals surface area contributed by atoms with Crippen LogP contribution in [0.2, 0.25) is 0 Å². The standard InChI is InChI=1S/C23H30N2O5S/c1-29-20-12-13-22(30-2)21(16-20)24-23(26)19-11-6-14-25(17-19)31(27,28)15-7-10-18-8-4-3-5-9-18/h3-5,8-9,12-13,16,19H,6-7,10-11,14-15,17H2,1-2H3,(H,24,26)/t19-/m0/s1. The Kier molecular flexibility index (Phi) is 7.92. The number of hydrogen-bond acceptors (Lipinski definition) is 5. The number of carbonyl (C=O) groups is 1. The van der Waals surface area contributed by atoms with Gasteiger partial charge in [-0.25, -0.2) is 12.7 Å². The van der Waals surface area contributed by atoms with Crippen LogP contribution in [0.25, 0.3) is 0 Å². The van der Waals surface area contributed by atoms with Crippen molar-refractivity contribution in [1.29, 1.82) is 0 Å². The number of benzene rings is 2. The molecule has 1 N–H and O–H groups in total. The summed E-state index contributed by atoms with van der Waals surface area (Å²) in [5.74, 6) is 0.585. The molecule has 2 aromatic carbocycles. The Morgan fingerprint density at radius 3 is 2.61 bits per heavy atom. The zero-order chi connectivity index (χ0) is 22.3. The highest BCUT2D eigenvalue weighted by molar-refractivity contribution is 7.89. The molecule has 0 aromatic heterocycles. The number of carbonyl (C=O) groups excluding carboxylic acids is 1. The van der Waals surface area contributed by atoms with Crippen molar-refractivity contribution in [2.75, 3.05) is 38.4 Å². The molecule has 1 fully saturated rings. The van der Waals surface area contributed by atoms with Crippen molar-refractivity contribution < 1.29 is 22.7 Å². The molecule has 1 atom stereocenters. The lowest BCUT2D eigenvalue weighted by molar-refractivity contribution is -0.120. The van der Waals surface area contributed by atoms with Gasteiger partial charge in [-0.05, 0) is 43.4 Å². The smallest absolute Gasteiger partial charge is 0.228 e. The molecule has 8 heteroatoms. The van der Waals surface area contributed by atoms with E-state index in [1.807, 2.05) is 30.3 Å². The van der Waals surface area contributed by atoms with Gasteiger partial charge in [0.05, 0.1) is 31.6 Å². The number of methoxy groups -OCH3 is 2. The predicted octanol–water partition coefficient (Wildman–Crippen LogP) is 3.32. The summed E-state index contributed by atoms with van der Waals surface area (Å²) in [7, 11) is -0.327. The predicted molar refractivity (Wildman–Crippen MR) is 121 cm³/mol. The van der Waals surface area contributed by atoms with Crippen molar-refractivity contribution >= 4 is 21.6 Å². The van der Waals surface area contributed by atoms with E-state index in [1.165, 1.54) is 11.4 Å². The Balaban J connectivity index is 1.59. The van der Waals surface area contributed by atoms with Gasteiger partial charge in [0.2, 0.25) is 15.9 Å². The summed E-state index contributed by atoms with van der Waals surface area (Å²) in [6, 6.07) is 15.0. The molecule has 2 aromatic rings. The highest BCUT2D eigenvalue weighted by Gasteiger charge is 2.32. The molecule has 0 radical (unpaired) electrons. The molecular formula is C23H30N2O5S. The first-order chi connectivity index (χ1) is 14.9. The molecule has 1 amide bonds. The van der Waals surface area contributed by atoms with E-state index in [-0.39, 0.29) is 18.2 Å². The molecular weight excluding hydrogens is 416 g/mol. The molecule has 0 unspecified atom stereocenters. The van der Waals surface area contributed by atoms with Gasteiger partial charge in [0.15, 0.2) is 0 Å². The van der Waals surface area contributed by atoms with Gasteiger partial charge in [-0.2, -0.15) is 0 Å². The number of hydrogen-bond donors (Lipinski definition) is 1. The maximum Gasteiger partial charge on any atom is 0.228 e. The molecule has 31 heavy (non-hydrogen) atoms. The van der Waals surface area contributed by atoms with Crippen molar-refractivity contribution in [3.63, 3.8) is 0 Å². The molecule has 0 saturated carbocycles. The lowest BCUT2D eigenvalue weighted by atomic mass is 9.98. The molecule has 168 valence electrons. The van der Waals surface area contributed by atoms with Crippen LogP contribution in [-0.4, -0.2) is 51.7 Å². The average Bonchev–Trinajstić information content (AvgIpc) is 2.79. The zero-order valence-corrected chi connectivity index (χ0v) is 18.9. The second kappa shape index (κ2) is 10.6. The lowest BCUT2D eigenvalue weighted by Crippen LogP contribution is -2.44. The summed E-state index contributed by atoms with van der Waals surface area (Å²) < 4.78 is 37.7. The number of nitrogens with one attached hydrogen (secondary N) is 1. The Morgan fingerprint density at radius 1 is 1.13 bits per heavy atom. The van der Waals surface area contributed by atoms with E-state index in [4.69, 9.17) is 9.47 Å². The van der Waals surface area contributed by atoms with E-state index in [2.05, 4.69) is 5.32 Å². The fourth-order valence-corrected chi connectivity index (χ4v) is 5.37. The van der Waals surface area contributed by atoms with Crippen LogP contribution in [0.4, 0.5) is 5.69 Å². The van der Waals surface area contributed by atoms with Crippen LogP contribution in [0.1, 0.15) is 24.8 Å². The number of sulfonamides is 1. The quantitative estimate of drug-likeness (QED) is 0.639. The van der Waals surface area contributed by atoms with Crippen molar-refractivity contribution in [3.05, 3.63) is 54.1 Å². The van der Waals surface area contributed by atoms with Gasteiger partial charge in [0.1, 0.15) is 11.5 Å². The van der Waals surface area contributed by atoms with E-state index in [9.17, 15) is 13.2 Å². The van der Waals surface area contributed by atoms with Crippen molar-refractivity contribution in [1.82, 2.24) is 4.31 Å². The number of nitrogens with zero attached hydrogens (tertiary/aromatic N) is 1. The normalized spacial score (nSPS) is 17.2. The van der Waals surface area contributed by atoms with Crippen LogP contribution in [-0.2, 0) is 21.2 Å². The van der Waals surface area contributed by atoms with Gasteiger partial charge in [0.25, 0.3) is 0 Å². The minimum Gasteiger partial charge on any atom is -0.497 e. The Bertz CT molecular complexity index is 979. The van der Waals surface area contributed by atoms with Gasteiger partial charge in [-0.15, -0.1) is 0 Å². The van der Waals surface area contributed by atoms with Crippen LogP contribution >= 0.6 is 0 Å². The van der Waals surface area contributed by atoms with Gasteiger partial charge in [-0.1, -0.05) is 30.3 Å². The maximum atomic E-state index is 12.9. The van der Waals surface area contributed by atoms with Crippen LogP contribution in [0.5, 0.6) is 11.5 Å². The van der Waals surface area contributed by atoms with Crippen LogP contribution in [0.15, 0.2) is 48.5 Å². The number of ether oxygens (including phenoxy) is 2. The third-order valence-corrected chi connectivity index (χ3v) is 7.45. The van der Waals surface area contributed by atoms with E-state index >= 15 is 0 Å². The Labute approximate surface area is 184 Å². The summed E-state index contributed by atoms with van der Waals surface area (Å²) in [6.07, 6.45) is 2.58. The lowest BCUT2D eigenvalue weighted by Gasteiger charge is -2.31. The molecule has 0 spiro atoms. The monoisotopic (exact) mass is 446 g/mol. The maximum absolute atomic E-state index is 12.9. The number of anilines is 1. The van der Waals surface area contributed by atoms with Crippen molar-refractivity contribution in [3.8, 4) is 11.5 Å². The summed E-state index contributed by atoms with van der Waals surface area (Å²) in [5, 5.41) is 2.88. The van der Waals surface area contributed by atoms with E-state index < -0.39 is 15.9 Å². The fourth-order valence-electron chi connectivity index (χ4n) is 3.79. The molecule has 1 heterocycles. The van der Waals surface area contributed by atoms with E-state index in [0.29, 0.717) is 49.4 Å². The van der Waals surface area contributed by atoms with Crippen LogP contribution in [0.3, 0.4) is 0 Å². The molecule has 7 nitrogen and oxygen atoms in total. The minimum atomic E-state index is -3.41. The Hall–Kier alpha value is -2.58. The fraction of sp³-hybridized carbons (Fsp3) is 0.435. The molecule has 1 aliphatic rings. The zero-order valence-electron chi connectivity index (χ0n) is 18.0. The van der Waals surface area contributed by atoms with Crippen molar-refractivity contribution in [2.24, 2.45) is 5.92 Å². The summed E-state index contributed by atoms with van der Waals surface area (Å²) in [5.41, 5.74) is 1.63. The first kappa shape index (κ1) is 23.1. The average molecular weight is 447 g/mol. The van der Waals surface area contributed by atoms with Gasteiger partial charge < -0.3 is 14.8 Å². The van der Waals surface area contributed by atoms with Gasteiger partial charge in [-0.3, -0.25) is 4.79 Å². The molecule has 1 saturated heterocycles. The molecule has 1 aliphatic heterocycles. The highest BCUT2D eigenvalue weighted by Crippen LogP contribution is 2.30. The van der Waals surface area contributed by atoms with E-state index in [0.717, 1.165) is 5.56 Å². The summed E-state index contributed by atoms with van der Waals surface area (Å²) in [6.45, 7) is 0.658. The third kappa shape index (κ3) is 6.21. The molecule has 0 bridgehead atoms. The van der Waals surface area contributed by atoms with Gasteiger partial charge in [0, 0.05) is 19.2 Å². The topological polar surface area (TPSA) is 84.9 Å². The first-order valence-electron chi connectivity index (χ1n) is 10.5. The van der Waals surface area contributed by atoms with Crippen molar-refractivity contribution in [2.45, 2.75) is 25.7 Å². The van der Waals surface area contributed by atoms with Crippen LogP contribution in [0, 0.1) is 5.92 Å². The minimum absolute atomic E-state index is 0.0833. The third-order valence-electron chi connectivity index (χ3n) is 5.52. The summed E-state index contributed by atoms with van der Waals surface area (Å²) in [4.78, 5) is 12.9. The van der Waals surface area contributed by atoms with Gasteiger partial charge >= 0.3 is 0 Å². The second-order valence-electron chi connectivity index (χ2n) is 7.66. The second-order valence-corrected chi connectivity index (χ2v) is 9.75. The van der Waals surface area contributed by atoms with Crippen LogP contribution < -0.4 is 14.8 Å². The number of amides is 1. The summed E-state index contributed by atoms with van der Waals surface area (Å²) >= 11 is 0. The largest absolute Gasteiger partial charge is 0.497 e. The number of aryl methyl sites for hydroxylation is 1. The SMILES string of the molecule is COc1ccc(OC)c(NC(=O)[C@H]2CCCN(S(=O)(=O)CCCc3ccccc3)C2)c1. The Morgan fingerprint density at radius 2 is 1.90 bits per heavy atom.